The Balaban J connectivity index is 1.90. The second kappa shape index (κ2) is 4.56. The van der Waals surface area contributed by atoms with Gasteiger partial charge < -0.3 is 4.74 Å². The van der Waals surface area contributed by atoms with Gasteiger partial charge in [0.2, 0.25) is 0 Å². The molecule has 3 heterocycles. The van der Waals surface area contributed by atoms with Crippen LogP contribution in [-0.2, 0) is 9.53 Å². The van der Waals surface area contributed by atoms with Gasteiger partial charge in [0.05, 0.1) is 12.6 Å². The monoisotopic (exact) mass is 264 g/mol. The first-order valence-corrected chi connectivity index (χ1v) is 6.68. The number of fused-ring (bicyclic) bond motifs is 2. The molecule has 2 atom stereocenters. The number of carbonyl (C=O) groups excluding carboxylic acids is 1. The van der Waals surface area contributed by atoms with Crippen LogP contribution in [0.5, 0.6) is 0 Å². The lowest BCUT2D eigenvalue weighted by Crippen LogP contribution is -2.48. The molecule has 2 aliphatic rings. The third-order valence-corrected chi connectivity index (χ3v) is 3.80. The molecule has 1 aromatic rings. The van der Waals surface area contributed by atoms with Gasteiger partial charge in [-0.05, 0) is 18.8 Å². The van der Waals surface area contributed by atoms with Crippen LogP contribution in [0.3, 0.4) is 0 Å². The number of nitrogens with zero attached hydrogens (tertiary/aromatic N) is 2. The van der Waals surface area contributed by atoms with E-state index in [9.17, 15) is 9.18 Å². The molecule has 0 N–H and O–H groups in total. The number of hydrogen-bond donors (Lipinski definition) is 0. The number of ether oxygens (including phenoxy) is 1. The van der Waals surface area contributed by atoms with Crippen LogP contribution < -0.4 is 4.90 Å². The number of amides is 1. The van der Waals surface area contributed by atoms with Crippen LogP contribution in [0.1, 0.15) is 38.2 Å². The molecule has 102 valence electrons. The van der Waals surface area contributed by atoms with E-state index in [0.717, 1.165) is 12.8 Å². The third-order valence-electron chi connectivity index (χ3n) is 3.80. The first kappa shape index (κ1) is 12.5. The molecule has 2 aliphatic heterocycles. The number of anilines is 1. The molecule has 0 saturated carbocycles. The Morgan fingerprint density at radius 3 is 2.95 bits per heavy atom. The zero-order valence-corrected chi connectivity index (χ0v) is 11.1. The fraction of sp³-hybridized carbons (Fsp3) is 0.571. The lowest BCUT2D eigenvalue weighted by molar-refractivity contribution is -0.133. The maximum atomic E-state index is 14.0. The maximum Gasteiger partial charge on any atom is 0.257 e. The second-order valence-corrected chi connectivity index (χ2v) is 5.49. The van der Waals surface area contributed by atoms with Gasteiger partial charge in [-0.15, -0.1) is 0 Å². The number of hydrogen-bond acceptors (Lipinski definition) is 3. The summed E-state index contributed by atoms with van der Waals surface area (Å²) in [5.41, 5.74) is 0.576. The highest BCUT2D eigenvalue weighted by atomic mass is 19.1. The Kier molecular flexibility index (Phi) is 3.01. The highest BCUT2D eigenvalue weighted by Crippen LogP contribution is 2.30. The summed E-state index contributed by atoms with van der Waals surface area (Å²) in [6.07, 6.45) is 2.87. The molecule has 0 aromatic carbocycles. The summed E-state index contributed by atoms with van der Waals surface area (Å²) in [5, 5.41) is 0. The van der Waals surface area contributed by atoms with Crippen molar-refractivity contribution in [1.29, 1.82) is 0 Å². The molecule has 2 bridgehead atoms. The van der Waals surface area contributed by atoms with Crippen molar-refractivity contribution in [3.8, 4) is 0 Å². The first-order valence-electron chi connectivity index (χ1n) is 6.68. The van der Waals surface area contributed by atoms with E-state index < -0.39 is 0 Å². The predicted molar refractivity (Wildman–Crippen MR) is 68.5 cm³/mol. The van der Waals surface area contributed by atoms with Gasteiger partial charge in [0.25, 0.3) is 5.91 Å². The molecule has 2 saturated heterocycles. The van der Waals surface area contributed by atoms with E-state index in [4.69, 9.17) is 4.74 Å². The van der Waals surface area contributed by atoms with E-state index >= 15 is 0 Å². The second-order valence-electron chi connectivity index (χ2n) is 5.49. The molecular formula is C14H17FN2O2. The molecule has 19 heavy (non-hydrogen) atoms. The molecule has 1 amide bonds. The van der Waals surface area contributed by atoms with Gasteiger partial charge in [-0.2, -0.15) is 0 Å². The van der Waals surface area contributed by atoms with Crippen molar-refractivity contribution < 1.29 is 13.9 Å². The molecule has 0 spiro atoms. The van der Waals surface area contributed by atoms with Gasteiger partial charge in [0, 0.05) is 17.8 Å². The Labute approximate surface area is 111 Å². The van der Waals surface area contributed by atoms with E-state index in [1.807, 2.05) is 13.8 Å². The normalized spacial score (nSPS) is 26.3. The number of aromatic nitrogens is 1. The van der Waals surface area contributed by atoms with Crippen LogP contribution in [0.4, 0.5) is 10.2 Å². The Hall–Kier alpha value is -1.49. The van der Waals surface area contributed by atoms with Gasteiger partial charge in [-0.3, -0.25) is 9.69 Å². The summed E-state index contributed by atoms with van der Waals surface area (Å²) in [7, 11) is 0. The summed E-state index contributed by atoms with van der Waals surface area (Å²) in [6.45, 7) is 4.31. The standard InChI is InChI=1S/C14H17FN2O2/c1-8(2)10-6-16-13(5-11(10)15)17-7-9-3-4-12(19-9)14(17)18/h5-6,8-9,12H,3-4,7H2,1-2H3. The minimum atomic E-state index is -0.367. The van der Waals surface area contributed by atoms with Gasteiger partial charge in [0.15, 0.2) is 0 Å². The molecule has 0 radical (unpaired) electrons. The molecular weight excluding hydrogens is 247 g/mol. The summed E-state index contributed by atoms with van der Waals surface area (Å²) in [4.78, 5) is 17.9. The van der Waals surface area contributed by atoms with Crippen LogP contribution in [0.2, 0.25) is 0 Å². The Bertz CT molecular complexity index is 518. The number of carbonyl (C=O) groups is 1. The predicted octanol–water partition coefficient (Wildman–Crippen LogP) is 2.24. The highest BCUT2D eigenvalue weighted by Gasteiger charge is 2.41. The quantitative estimate of drug-likeness (QED) is 0.822. The third kappa shape index (κ3) is 2.12. The smallest absolute Gasteiger partial charge is 0.257 e. The SMILES string of the molecule is CC(C)c1cnc(N2CC3CCC(O3)C2=O)cc1F. The zero-order valence-electron chi connectivity index (χ0n) is 11.1. The van der Waals surface area contributed by atoms with Crippen LogP contribution in [-0.4, -0.2) is 29.6 Å². The lowest BCUT2D eigenvalue weighted by Gasteiger charge is -2.31. The van der Waals surface area contributed by atoms with Crippen molar-refractivity contribution in [2.24, 2.45) is 0 Å². The summed E-state index contributed by atoms with van der Waals surface area (Å²) >= 11 is 0. The van der Waals surface area contributed by atoms with E-state index in [2.05, 4.69) is 4.98 Å². The maximum absolute atomic E-state index is 14.0. The van der Waals surface area contributed by atoms with Crippen molar-refractivity contribution >= 4 is 11.7 Å². The van der Waals surface area contributed by atoms with Gasteiger partial charge in [-0.1, -0.05) is 13.8 Å². The van der Waals surface area contributed by atoms with E-state index in [0.29, 0.717) is 17.9 Å². The highest BCUT2D eigenvalue weighted by molar-refractivity contribution is 5.96. The minimum absolute atomic E-state index is 0.0670. The fourth-order valence-electron chi connectivity index (χ4n) is 2.70. The van der Waals surface area contributed by atoms with Crippen LogP contribution in [0, 0.1) is 5.82 Å². The molecule has 2 unspecified atom stereocenters. The van der Waals surface area contributed by atoms with Crippen LogP contribution in [0.25, 0.3) is 0 Å². The van der Waals surface area contributed by atoms with Gasteiger partial charge in [-0.25, -0.2) is 9.37 Å². The van der Waals surface area contributed by atoms with E-state index in [1.54, 1.807) is 4.90 Å². The van der Waals surface area contributed by atoms with E-state index in [-0.39, 0.29) is 29.9 Å². The molecule has 0 aliphatic carbocycles. The Morgan fingerprint density at radius 2 is 2.26 bits per heavy atom. The molecule has 1 aromatic heterocycles. The average Bonchev–Trinajstić information content (AvgIpc) is 2.77. The number of pyridine rings is 1. The van der Waals surface area contributed by atoms with Gasteiger partial charge in [0.1, 0.15) is 17.7 Å². The number of morpholine rings is 1. The van der Waals surface area contributed by atoms with Crippen molar-refractivity contribution in [3.05, 3.63) is 23.6 Å². The minimum Gasteiger partial charge on any atom is -0.363 e. The average molecular weight is 264 g/mol. The first-order chi connectivity index (χ1) is 9.06. The summed E-state index contributed by atoms with van der Waals surface area (Å²) < 4.78 is 19.5. The van der Waals surface area contributed by atoms with Crippen molar-refractivity contribution in [2.75, 3.05) is 11.4 Å². The molecule has 5 heteroatoms. The number of halogens is 1. The van der Waals surface area contributed by atoms with E-state index in [1.165, 1.54) is 12.3 Å². The molecule has 2 fully saturated rings. The van der Waals surface area contributed by atoms with Gasteiger partial charge >= 0.3 is 0 Å². The molecule has 4 nitrogen and oxygen atoms in total. The lowest BCUT2D eigenvalue weighted by atomic mass is 10.1. The van der Waals surface area contributed by atoms with Crippen molar-refractivity contribution in [2.45, 2.75) is 44.8 Å². The van der Waals surface area contributed by atoms with Crippen molar-refractivity contribution in [1.82, 2.24) is 4.98 Å². The topological polar surface area (TPSA) is 42.4 Å². The van der Waals surface area contributed by atoms with Crippen LogP contribution in [0.15, 0.2) is 12.3 Å². The zero-order chi connectivity index (χ0) is 13.6. The number of rotatable bonds is 2. The van der Waals surface area contributed by atoms with Crippen molar-refractivity contribution in [3.63, 3.8) is 0 Å². The fourth-order valence-corrected chi connectivity index (χ4v) is 2.70. The largest absolute Gasteiger partial charge is 0.363 e. The van der Waals surface area contributed by atoms with Crippen LogP contribution >= 0.6 is 0 Å². The molecule has 3 rings (SSSR count). The summed E-state index contributed by atoms with van der Waals surface area (Å²) in [5.74, 6) is 0.0785. The Morgan fingerprint density at radius 1 is 1.47 bits per heavy atom. The summed E-state index contributed by atoms with van der Waals surface area (Å²) in [6, 6.07) is 1.36.